The van der Waals surface area contributed by atoms with Gasteiger partial charge in [0.05, 0.1) is 0 Å². The minimum Gasteiger partial charge on any atom is -0.465 e. The van der Waals surface area contributed by atoms with Crippen LogP contribution in [0.4, 0.5) is 4.79 Å². The fourth-order valence-corrected chi connectivity index (χ4v) is 6.42. The molecule has 2 saturated carbocycles. The molecular weight excluding hydrogens is 342 g/mol. The van der Waals surface area contributed by atoms with E-state index in [1.165, 1.54) is 38.5 Å². The van der Waals surface area contributed by atoms with Gasteiger partial charge >= 0.3 is 6.09 Å². The topological polar surface area (TPSA) is 64.1 Å². The molecule has 150 valence electrons. The van der Waals surface area contributed by atoms with Crippen molar-refractivity contribution >= 4 is 12.0 Å². The minimum absolute atomic E-state index is 0.277. The summed E-state index contributed by atoms with van der Waals surface area (Å²) in [7, 11) is 0. The van der Waals surface area contributed by atoms with Gasteiger partial charge in [-0.3, -0.25) is 4.79 Å². The monoisotopic (exact) mass is 375 g/mol. The van der Waals surface area contributed by atoms with Gasteiger partial charge in [0.15, 0.2) is 0 Å². The first-order valence-corrected chi connectivity index (χ1v) is 11.1. The number of carbonyl (C=O) groups is 2. The van der Waals surface area contributed by atoms with Gasteiger partial charge in [0.1, 0.15) is 0 Å². The molecule has 1 N–H and O–H groups in total. The van der Waals surface area contributed by atoms with Crippen LogP contribution in [0, 0.1) is 17.3 Å². The van der Waals surface area contributed by atoms with Crippen molar-refractivity contribution in [3.05, 3.63) is 0 Å². The first-order valence-electron chi connectivity index (χ1n) is 11.1. The second kappa shape index (κ2) is 6.64. The number of rotatable bonds is 3. The van der Waals surface area contributed by atoms with Gasteiger partial charge in [0, 0.05) is 37.6 Å². The van der Waals surface area contributed by atoms with E-state index in [0.29, 0.717) is 29.8 Å². The third kappa shape index (κ3) is 3.24. The summed E-state index contributed by atoms with van der Waals surface area (Å²) in [6.07, 6.45) is 9.73. The van der Waals surface area contributed by atoms with Gasteiger partial charge in [-0.1, -0.05) is 0 Å². The van der Waals surface area contributed by atoms with Crippen LogP contribution in [0.1, 0.15) is 57.8 Å². The number of nitrogens with zero attached hydrogens (tertiary/aromatic N) is 3. The van der Waals surface area contributed by atoms with Gasteiger partial charge in [-0.05, 0) is 82.2 Å². The first kappa shape index (κ1) is 17.8. The zero-order valence-electron chi connectivity index (χ0n) is 16.3. The molecule has 6 heteroatoms. The van der Waals surface area contributed by atoms with E-state index in [-0.39, 0.29) is 5.41 Å². The summed E-state index contributed by atoms with van der Waals surface area (Å²) in [5.41, 5.74) is 0.277. The van der Waals surface area contributed by atoms with Gasteiger partial charge in [0.2, 0.25) is 5.91 Å². The third-order valence-corrected chi connectivity index (χ3v) is 8.19. The SMILES string of the molecule is O=C(O)N1CCC2(CC(N3CCC([C@@H]4CCCN4C(=O)C4CC4)CC3)C2)C1. The van der Waals surface area contributed by atoms with Crippen LogP contribution in [-0.2, 0) is 4.79 Å². The molecule has 2 amide bonds. The van der Waals surface area contributed by atoms with E-state index in [9.17, 15) is 14.7 Å². The molecule has 5 rings (SSSR count). The van der Waals surface area contributed by atoms with Crippen molar-refractivity contribution in [2.24, 2.45) is 17.3 Å². The Morgan fingerprint density at radius 3 is 2.30 bits per heavy atom. The lowest BCUT2D eigenvalue weighted by molar-refractivity contribution is -0.134. The minimum atomic E-state index is -0.752. The summed E-state index contributed by atoms with van der Waals surface area (Å²) in [6, 6.07) is 1.17. The van der Waals surface area contributed by atoms with E-state index in [2.05, 4.69) is 9.80 Å². The average Bonchev–Trinajstić information content (AvgIpc) is 3.19. The zero-order valence-corrected chi connectivity index (χ0v) is 16.3. The predicted molar refractivity (Wildman–Crippen MR) is 101 cm³/mol. The quantitative estimate of drug-likeness (QED) is 0.824. The second-order valence-electron chi connectivity index (χ2n) is 9.91. The molecule has 27 heavy (non-hydrogen) atoms. The average molecular weight is 376 g/mol. The standard InChI is InChI=1S/C21H33N3O3/c25-19(16-3-4-16)24-8-1-2-18(24)15-5-9-22(10-6-15)17-12-21(13-17)7-11-23(14-21)20(26)27/h15-18H,1-14H2,(H,26,27)/t17?,18-,21?/m0/s1. The maximum absolute atomic E-state index is 12.6. The fourth-order valence-electron chi connectivity index (χ4n) is 6.42. The molecule has 2 aliphatic carbocycles. The molecule has 0 unspecified atom stereocenters. The number of piperidine rings is 1. The molecule has 5 aliphatic rings. The van der Waals surface area contributed by atoms with Gasteiger partial charge in [-0.25, -0.2) is 4.79 Å². The van der Waals surface area contributed by atoms with Crippen LogP contribution < -0.4 is 0 Å². The second-order valence-corrected chi connectivity index (χ2v) is 9.91. The van der Waals surface area contributed by atoms with Gasteiger partial charge < -0.3 is 19.8 Å². The van der Waals surface area contributed by atoms with Crippen molar-refractivity contribution in [2.45, 2.75) is 69.9 Å². The molecule has 0 bridgehead atoms. The van der Waals surface area contributed by atoms with E-state index < -0.39 is 6.09 Å². The lowest BCUT2D eigenvalue weighted by atomic mass is 9.64. The van der Waals surface area contributed by atoms with E-state index in [1.54, 1.807) is 4.90 Å². The molecule has 6 nitrogen and oxygen atoms in total. The van der Waals surface area contributed by atoms with Crippen molar-refractivity contribution in [2.75, 3.05) is 32.7 Å². The van der Waals surface area contributed by atoms with Crippen molar-refractivity contribution in [1.82, 2.24) is 14.7 Å². The van der Waals surface area contributed by atoms with Crippen LogP contribution in [0.15, 0.2) is 0 Å². The number of hydrogen-bond donors (Lipinski definition) is 1. The molecule has 1 spiro atoms. The number of carbonyl (C=O) groups excluding carboxylic acids is 1. The lowest BCUT2D eigenvalue weighted by Gasteiger charge is -2.52. The molecule has 3 aliphatic heterocycles. The highest BCUT2D eigenvalue weighted by atomic mass is 16.4. The Kier molecular flexibility index (Phi) is 4.37. The fraction of sp³-hybridized carbons (Fsp3) is 0.905. The molecule has 5 fully saturated rings. The molecule has 0 aromatic carbocycles. The zero-order chi connectivity index (χ0) is 18.6. The summed E-state index contributed by atoms with van der Waals surface area (Å²) in [5.74, 6) is 1.49. The summed E-state index contributed by atoms with van der Waals surface area (Å²) < 4.78 is 0. The highest BCUT2D eigenvalue weighted by Crippen LogP contribution is 2.51. The molecule has 3 heterocycles. The Morgan fingerprint density at radius 1 is 0.926 bits per heavy atom. The Labute approximate surface area is 161 Å². The highest BCUT2D eigenvalue weighted by Gasteiger charge is 2.51. The van der Waals surface area contributed by atoms with Gasteiger partial charge in [-0.15, -0.1) is 0 Å². The summed E-state index contributed by atoms with van der Waals surface area (Å²) in [4.78, 5) is 30.3. The number of carboxylic acid groups (broad SMARTS) is 1. The van der Waals surface area contributed by atoms with Crippen molar-refractivity contribution < 1.29 is 14.7 Å². The molecule has 0 aromatic rings. The molecule has 1 atom stereocenters. The molecule has 3 saturated heterocycles. The lowest BCUT2D eigenvalue weighted by Crippen LogP contribution is -2.55. The maximum Gasteiger partial charge on any atom is 0.407 e. The van der Waals surface area contributed by atoms with Crippen molar-refractivity contribution in [3.8, 4) is 0 Å². The first-order chi connectivity index (χ1) is 13.0. The third-order valence-electron chi connectivity index (χ3n) is 8.19. The van der Waals surface area contributed by atoms with E-state index in [4.69, 9.17) is 0 Å². The van der Waals surface area contributed by atoms with Gasteiger partial charge in [-0.2, -0.15) is 0 Å². The highest BCUT2D eigenvalue weighted by molar-refractivity contribution is 5.81. The Bertz CT molecular complexity index is 606. The van der Waals surface area contributed by atoms with Crippen LogP contribution in [0.25, 0.3) is 0 Å². The summed E-state index contributed by atoms with van der Waals surface area (Å²) >= 11 is 0. The van der Waals surface area contributed by atoms with Crippen LogP contribution >= 0.6 is 0 Å². The molecule has 0 aromatic heterocycles. The number of hydrogen-bond acceptors (Lipinski definition) is 3. The largest absolute Gasteiger partial charge is 0.465 e. The Hall–Kier alpha value is -1.30. The normalized spacial score (nSPS) is 37.8. The van der Waals surface area contributed by atoms with Crippen LogP contribution in [0.5, 0.6) is 0 Å². The summed E-state index contributed by atoms with van der Waals surface area (Å²) in [6.45, 7) is 4.78. The summed E-state index contributed by atoms with van der Waals surface area (Å²) in [5, 5.41) is 9.20. The number of likely N-dealkylation sites (tertiary alicyclic amines) is 3. The molecular formula is C21H33N3O3. The van der Waals surface area contributed by atoms with Gasteiger partial charge in [0.25, 0.3) is 0 Å². The Balaban J connectivity index is 1.11. The number of amides is 2. The van der Waals surface area contributed by atoms with Crippen LogP contribution in [0.3, 0.4) is 0 Å². The van der Waals surface area contributed by atoms with E-state index >= 15 is 0 Å². The van der Waals surface area contributed by atoms with Crippen LogP contribution in [-0.4, -0.2) is 76.6 Å². The van der Waals surface area contributed by atoms with E-state index in [1.807, 2.05) is 0 Å². The van der Waals surface area contributed by atoms with Crippen LogP contribution in [0.2, 0.25) is 0 Å². The van der Waals surface area contributed by atoms with Crippen molar-refractivity contribution in [3.63, 3.8) is 0 Å². The Morgan fingerprint density at radius 2 is 1.67 bits per heavy atom. The molecule has 0 radical (unpaired) electrons. The smallest absolute Gasteiger partial charge is 0.407 e. The maximum atomic E-state index is 12.6. The predicted octanol–water partition coefficient (Wildman–Crippen LogP) is 2.63. The van der Waals surface area contributed by atoms with E-state index in [0.717, 1.165) is 52.0 Å². The van der Waals surface area contributed by atoms with Crippen molar-refractivity contribution in [1.29, 1.82) is 0 Å².